The lowest BCUT2D eigenvalue weighted by Gasteiger charge is -2.56. The van der Waals surface area contributed by atoms with Gasteiger partial charge in [-0.2, -0.15) is 0 Å². The van der Waals surface area contributed by atoms with Gasteiger partial charge in [-0.3, -0.25) is 19.3 Å². The lowest BCUT2D eigenvalue weighted by Crippen LogP contribution is -2.74. The molecule has 12 heteroatoms. The summed E-state index contributed by atoms with van der Waals surface area (Å²) >= 11 is 14.8. The Kier molecular flexibility index (Phi) is 7.44. The molecular formula is C22H22Cl2N2O6S2. The molecule has 0 saturated carbocycles. The van der Waals surface area contributed by atoms with Crippen molar-refractivity contribution >= 4 is 64.5 Å². The molecule has 8 nitrogen and oxygen atoms in total. The smallest absolute Gasteiger partial charge is 0.313 e. The summed E-state index contributed by atoms with van der Waals surface area (Å²) in [4.78, 5) is 41.5. The van der Waals surface area contributed by atoms with Gasteiger partial charge in [-0.15, -0.1) is 23.5 Å². The van der Waals surface area contributed by atoms with Crippen molar-refractivity contribution in [1.29, 1.82) is 0 Å². The second kappa shape index (κ2) is 10.0. The van der Waals surface area contributed by atoms with E-state index < -0.39 is 35.3 Å². The normalized spacial score (nSPS) is 26.2. The van der Waals surface area contributed by atoms with Gasteiger partial charge < -0.3 is 20.2 Å². The standard InChI is InChI=1S/C22H22Cl2N2O6S2/c23-12-1-6-16(15(24)7-12)33-10-22(21(31)32)9-25-19(30)18(20(25)34-11-22)26(17(29)8-27)13-2-4-14(28)5-3-13/h1-2,5-7,18,20,27-28H,3-4,8-11H2,(H,31,32)/t18?,20-,22?/m1/s1. The number of aliphatic hydroxyl groups is 2. The molecule has 2 aliphatic heterocycles. The highest BCUT2D eigenvalue weighted by Gasteiger charge is 2.59. The quantitative estimate of drug-likeness (QED) is 0.353. The van der Waals surface area contributed by atoms with Crippen LogP contribution in [0.3, 0.4) is 0 Å². The fourth-order valence-electron chi connectivity index (χ4n) is 4.17. The van der Waals surface area contributed by atoms with E-state index in [1.807, 2.05) is 0 Å². The first-order valence-corrected chi connectivity index (χ1v) is 13.2. The van der Waals surface area contributed by atoms with Crippen molar-refractivity contribution in [3.8, 4) is 0 Å². The van der Waals surface area contributed by atoms with Crippen LogP contribution in [0, 0.1) is 5.41 Å². The number of carboxylic acid groups (broad SMARTS) is 1. The van der Waals surface area contributed by atoms with Crippen molar-refractivity contribution in [2.24, 2.45) is 5.41 Å². The number of hydrogen-bond acceptors (Lipinski definition) is 7. The predicted molar refractivity (Wildman–Crippen MR) is 131 cm³/mol. The first-order valence-electron chi connectivity index (χ1n) is 10.4. The van der Waals surface area contributed by atoms with Crippen LogP contribution in [0.25, 0.3) is 0 Å². The van der Waals surface area contributed by atoms with E-state index in [9.17, 15) is 29.7 Å². The van der Waals surface area contributed by atoms with Crippen molar-refractivity contribution in [2.75, 3.05) is 24.7 Å². The van der Waals surface area contributed by atoms with E-state index in [-0.39, 0.29) is 42.6 Å². The number of aliphatic hydroxyl groups excluding tert-OH is 2. The molecule has 3 N–H and O–H groups in total. The number of hydrogen-bond donors (Lipinski definition) is 3. The summed E-state index contributed by atoms with van der Waals surface area (Å²) in [6.45, 7) is -0.750. The zero-order chi connectivity index (χ0) is 24.6. The minimum Gasteiger partial charge on any atom is -0.512 e. The largest absolute Gasteiger partial charge is 0.512 e. The van der Waals surface area contributed by atoms with Gasteiger partial charge in [0.1, 0.15) is 23.4 Å². The summed E-state index contributed by atoms with van der Waals surface area (Å²) < 4.78 is 0. The van der Waals surface area contributed by atoms with Crippen LogP contribution in [-0.2, 0) is 14.4 Å². The van der Waals surface area contributed by atoms with Gasteiger partial charge in [0, 0.05) is 46.5 Å². The zero-order valence-electron chi connectivity index (χ0n) is 17.8. The third kappa shape index (κ3) is 4.66. The van der Waals surface area contributed by atoms with Crippen LogP contribution in [-0.4, -0.2) is 79.0 Å². The molecule has 2 amide bonds. The summed E-state index contributed by atoms with van der Waals surface area (Å²) in [7, 11) is 0. The highest BCUT2D eigenvalue weighted by atomic mass is 35.5. The van der Waals surface area contributed by atoms with Crippen LogP contribution in [0.15, 0.2) is 46.7 Å². The maximum absolute atomic E-state index is 13.2. The monoisotopic (exact) mass is 544 g/mol. The van der Waals surface area contributed by atoms with Crippen LogP contribution in [0.5, 0.6) is 0 Å². The number of carbonyl (C=O) groups is 3. The third-order valence-electron chi connectivity index (χ3n) is 6.05. The molecule has 2 unspecified atom stereocenters. The summed E-state index contributed by atoms with van der Waals surface area (Å²) in [5.41, 5.74) is -0.654. The summed E-state index contributed by atoms with van der Waals surface area (Å²) in [6.07, 6.45) is 3.73. The minimum absolute atomic E-state index is 0.00837. The van der Waals surface area contributed by atoms with Gasteiger partial charge in [0.25, 0.3) is 5.91 Å². The zero-order valence-corrected chi connectivity index (χ0v) is 21.0. The van der Waals surface area contributed by atoms with Crippen molar-refractivity contribution in [3.63, 3.8) is 0 Å². The molecule has 2 saturated heterocycles. The number of halogens is 2. The van der Waals surface area contributed by atoms with Gasteiger partial charge in [-0.05, 0) is 24.3 Å². The molecular weight excluding hydrogens is 523 g/mol. The number of allylic oxidation sites excluding steroid dienone is 2. The maximum atomic E-state index is 13.2. The average molecular weight is 545 g/mol. The number of aliphatic carboxylic acids is 1. The molecule has 182 valence electrons. The highest BCUT2D eigenvalue weighted by molar-refractivity contribution is 8.00. The van der Waals surface area contributed by atoms with Crippen LogP contribution in [0.2, 0.25) is 10.0 Å². The number of carbonyl (C=O) groups excluding carboxylic acids is 2. The Balaban J connectivity index is 1.51. The van der Waals surface area contributed by atoms with Crippen LogP contribution in [0.1, 0.15) is 12.8 Å². The molecule has 0 spiro atoms. The highest BCUT2D eigenvalue weighted by Crippen LogP contribution is 2.47. The number of carboxylic acids is 1. The predicted octanol–water partition coefficient (Wildman–Crippen LogP) is 3.38. The fourth-order valence-corrected chi connectivity index (χ4v) is 7.57. The van der Waals surface area contributed by atoms with E-state index >= 15 is 0 Å². The first kappa shape index (κ1) is 25.2. The SMILES string of the molecule is O=C(CO)N(C1=CCC(O)=CC1)C1C(=O)N2CC(CSc3ccc(Cl)cc3Cl)(C(=O)O)CS[C@H]12. The number of fused-ring (bicyclic) bond motifs is 1. The molecule has 0 aromatic heterocycles. The van der Waals surface area contributed by atoms with Crippen LogP contribution in [0.4, 0.5) is 0 Å². The Morgan fingerprint density at radius 1 is 1.26 bits per heavy atom. The van der Waals surface area contributed by atoms with E-state index in [1.54, 1.807) is 30.4 Å². The Labute approximate surface area is 214 Å². The number of rotatable bonds is 7. The third-order valence-corrected chi connectivity index (χ3v) is 9.65. The molecule has 2 fully saturated rings. The molecule has 0 bridgehead atoms. The topological polar surface area (TPSA) is 118 Å². The summed E-state index contributed by atoms with van der Waals surface area (Å²) in [6, 6.07) is 4.18. The Bertz CT molecular complexity index is 1100. The minimum atomic E-state index is -1.19. The Morgan fingerprint density at radius 2 is 2.03 bits per heavy atom. The molecule has 34 heavy (non-hydrogen) atoms. The van der Waals surface area contributed by atoms with Crippen molar-refractivity contribution in [3.05, 3.63) is 51.9 Å². The lowest BCUT2D eigenvalue weighted by atomic mass is 9.88. The van der Waals surface area contributed by atoms with Crippen LogP contribution < -0.4 is 0 Å². The maximum Gasteiger partial charge on any atom is 0.313 e. The Morgan fingerprint density at radius 3 is 2.65 bits per heavy atom. The van der Waals surface area contributed by atoms with Gasteiger partial charge >= 0.3 is 5.97 Å². The van der Waals surface area contributed by atoms with Crippen LogP contribution >= 0.6 is 46.7 Å². The van der Waals surface area contributed by atoms with Crippen molar-refractivity contribution in [2.45, 2.75) is 29.2 Å². The average Bonchev–Trinajstić information content (AvgIpc) is 2.82. The van der Waals surface area contributed by atoms with E-state index in [0.717, 1.165) is 0 Å². The number of nitrogens with zero attached hydrogens (tertiary/aromatic N) is 2. The molecule has 3 atom stereocenters. The fraction of sp³-hybridized carbons (Fsp3) is 0.409. The van der Waals surface area contributed by atoms with E-state index in [0.29, 0.717) is 20.6 Å². The molecule has 0 radical (unpaired) electrons. The molecule has 2 heterocycles. The second-order valence-corrected chi connectivity index (χ2v) is 11.2. The number of β-lactam (4-membered cyclic amide) rings is 1. The lowest BCUT2D eigenvalue weighted by molar-refractivity contribution is -0.164. The van der Waals surface area contributed by atoms with E-state index in [4.69, 9.17) is 23.2 Å². The van der Waals surface area contributed by atoms with E-state index in [2.05, 4.69) is 0 Å². The van der Waals surface area contributed by atoms with Gasteiger partial charge in [-0.1, -0.05) is 29.3 Å². The van der Waals surface area contributed by atoms with E-state index in [1.165, 1.54) is 33.3 Å². The summed E-state index contributed by atoms with van der Waals surface area (Å²) in [5, 5.41) is 29.7. The molecule has 1 aromatic carbocycles. The van der Waals surface area contributed by atoms with Crippen molar-refractivity contribution < 1.29 is 29.7 Å². The summed E-state index contributed by atoms with van der Waals surface area (Å²) in [5.74, 6) is -1.36. The molecule has 1 aliphatic carbocycles. The van der Waals surface area contributed by atoms with Gasteiger partial charge in [0.05, 0.1) is 10.8 Å². The first-order chi connectivity index (χ1) is 16.2. The molecule has 4 rings (SSSR count). The number of benzene rings is 1. The molecule has 1 aromatic rings. The molecule has 3 aliphatic rings. The number of amides is 2. The number of thioether (sulfide) groups is 2. The van der Waals surface area contributed by atoms with Gasteiger partial charge in [0.2, 0.25) is 5.91 Å². The second-order valence-electron chi connectivity index (χ2n) is 8.28. The van der Waals surface area contributed by atoms with Gasteiger partial charge in [-0.25, -0.2) is 0 Å². The van der Waals surface area contributed by atoms with Crippen molar-refractivity contribution in [1.82, 2.24) is 9.80 Å². The Hall–Kier alpha value is -1.85. The van der Waals surface area contributed by atoms with Gasteiger partial charge in [0.15, 0.2) is 0 Å².